The Hall–Kier alpha value is -1.14. The zero-order chi connectivity index (χ0) is 12.5. The third-order valence-corrected chi connectivity index (χ3v) is 3.40. The van der Waals surface area contributed by atoms with Crippen molar-refractivity contribution < 1.29 is 0 Å². The lowest BCUT2D eigenvalue weighted by Crippen LogP contribution is -2.56. The molecule has 0 radical (unpaired) electrons. The number of hydrogen-bond donors (Lipinski definition) is 2. The maximum atomic E-state index is 11.9. The Morgan fingerprint density at radius 2 is 2.05 bits per heavy atom. The van der Waals surface area contributed by atoms with Gasteiger partial charge in [0.1, 0.15) is 5.82 Å². The summed E-state index contributed by atoms with van der Waals surface area (Å²) in [6, 6.07) is 7.99. The van der Waals surface area contributed by atoms with Crippen LogP contribution in [0.25, 0.3) is 10.9 Å². The summed E-state index contributed by atoms with van der Waals surface area (Å²) >= 11 is 0. The quantitative estimate of drug-likeness (QED) is 0.892. The standard InChI is InChI=1S/C13H16N4O.2ClH/c1-14-9-6-17(7-9)8-12-15-11-5-3-2-4-10(11)13(18)16-12;;/h2-5,9,14H,6-8H2,1H3,(H,15,16,18);2*1H. The average Bonchev–Trinajstić information content (AvgIpc) is 2.33. The fourth-order valence-corrected chi connectivity index (χ4v) is 2.30. The van der Waals surface area contributed by atoms with Crippen LogP contribution >= 0.6 is 24.8 Å². The SMILES string of the molecule is CNC1CN(Cc2nc3ccccc3c(=O)[nH]2)C1.Cl.Cl. The molecule has 7 heteroatoms. The summed E-state index contributed by atoms with van der Waals surface area (Å²) < 4.78 is 0. The predicted molar refractivity (Wildman–Crippen MR) is 85.0 cm³/mol. The molecule has 1 aromatic heterocycles. The zero-order valence-corrected chi connectivity index (χ0v) is 12.8. The summed E-state index contributed by atoms with van der Waals surface area (Å²) in [7, 11) is 1.97. The number of aromatic amines is 1. The molecule has 1 saturated heterocycles. The van der Waals surface area contributed by atoms with Gasteiger partial charge in [0.05, 0.1) is 17.4 Å². The Morgan fingerprint density at radius 1 is 1.35 bits per heavy atom. The van der Waals surface area contributed by atoms with Crippen LogP contribution in [0.5, 0.6) is 0 Å². The van der Waals surface area contributed by atoms with Gasteiger partial charge in [-0.05, 0) is 19.2 Å². The highest BCUT2D eigenvalue weighted by atomic mass is 35.5. The lowest BCUT2D eigenvalue weighted by Gasteiger charge is -2.38. The average molecular weight is 317 g/mol. The lowest BCUT2D eigenvalue weighted by molar-refractivity contribution is 0.120. The van der Waals surface area contributed by atoms with Crippen molar-refractivity contribution in [3.63, 3.8) is 0 Å². The molecule has 3 rings (SSSR count). The van der Waals surface area contributed by atoms with Gasteiger partial charge in [0.15, 0.2) is 0 Å². The molecule has 1 aromatic carbocycles. The highest BCUT2D eigenvalue weighted by Crippen LogP contribution is 2.11. The number of benzene rings is 1. The van der Waals surface area contributed by atoms with Crippen molar-refractivity contribution in [2.45, 2.75) is 12.6 Å². The molecule has 5 nitrogen and oxygen atoms in total. The van der Waals surface area contributed by atoms with Gasteiger partial charge in [-0.2, -0.15) is 0 Å². The Kier molecular flexibility index (Phi) is 5.95. The Balaban J connectivity index is 0.000001000. The summed E-state index contributed by atoms with van der Waals surface area (Å²) in [5.74, 6) is 0.744. The van der Waals surface area contributed by atoms with E-state index in [-0.39, 0.29) is 30.4 Å². The van der Waals surface area contributed by atoms with Gasteiger partial charge in [0, 0.05) is 19.1 Å². The minimum atomic E-state index is -0.0544. The summed E-state index contributed by atoms with van der Waals surface area (Å²) in [4.78, 5) is 21.5. The van der Waals surface area contributed by atoms with Crippen LogP contribution in [0.4, 0.5) is 0 Å². The molecule has 0 saturated carbocycles. The van der Waals surface area contributed by atoms with Crippen LogP contribution in [-0.2, 0) is 6.54 Å². The first-order chi connectivity index (χ1) is 8.76. The molecule has 0 spiro atoms. The first kappa shape index (κ1) is 16.9. The van der Waals surface area contributed by atoms with Crippen LogP contribution in [0.2, 0.25) is 0 Å². The minimum Gasteiger partial charge on any atom is -0.315 e. The molecule has 0 amide bonds. The van der Waals surface area contributed by atoms with Crippen LogP contribution in [0.3, 0.4) is 0 Å². The number of halogens is 2. The number of nitrogens with one attached hydrogen (secondary N) is 2. The number of H-pyrrole nitrogens is 1. The minimum absolute atomic E-state index is 0. The van der Waals surface area contributed by atoms with Crippen molar-refractivity contribution in [1.82, 2.24) is 20.2 Å². The molecular formula is C13H18Cl2N4O. The molecule has 0 aliphatic carbocycles. The van der Waals surface area contributed by atoms with Gasteiger partial charge in [-0.15, -0.1) is 24.8 Å². The highest BCUT2D eigenvalue weighted by molar-refractivity contribution is 5.85. The van der Waals surface area contributed by atoms with E-state index in [0.717, 1.165) is 24.4 Å². The van der Waals surface area contributed by atoms with Crippen LogP contribution in [-0.4, -0.2) is 41.0 Å². The summed E-state index contributed by atoms with van der Waals surface area (Å²) in [6.45, 7) is 2.72. The van der Waals surface area contributed by atoms with Gasteiger partial charge in [-0.25, -0.2) is 4.98 Å². The molecule has 1 fully saturated rings. The maximum Gasteiger partial charge on any atom is 0.258 e. The summed E-state index contributed by atoms with van der Waals surface area (Å²) in [5, 5.41) is 3.88. The molecule has 2 aromatic rings. The lowest BCUT2D eigenvalue weighted by atomic mass is 10.1. The first-order valence-corrected chi connectivity index (χ1v) is 6.14. The topological polar surface area (TPSA) is 61.0 Å². The normalized spacial score (nSPS) is 15.2. The van der Waals surface area contributed by atoms with Crippen LogP contribution in [0, 0.1) is 0 Å². The van der Waals surface area contributed by atoms with Crippen molar-refractivity contribution >= 4 is 35.7 Å². The number of nitrogens with zero attached hydrogens (tertiary/aromatic N) is 2. The van der Waals surface area contributed by atoms with E-state index in [9.17, 15) is 4.79 Å². The molecular weight excluding hydrogens is 299 g/mol. The van der Waals surface area contributed by atoms with E-state index in [2.05, 4.69) is 20.2 Å². The third-order valence-electron chi connectivity index (χ3n) is 3.40. The van der Waals surface area contributed by atoms with Gasteiger partial charge in [-0.3, -0.25) is 9.69 Å². The summed E-state index contributed by atoms with van der Waals surface area (Å²) in [6.07, 6.45) is 0. The van der Waals surface area contributed by atoms with Crippen molar-refractivity contribution in [3.8, 4) is 0 Å². The number of likely N-dealkylation sites (N-methyl/N-ethyl adjacent to an activating group) is 1. The Bertz CT molecular complexity index is 625. The highest BCUT2D eigenvalue weighted by Gasteiger charge is 2.25. The van der Waals surface area contributed by atoms with E-state index in [4.69, 9.17) is 0 Å². The van der Waals surface area contributed by atoms with Gasteiger partial charge < -0.3 is 10.3 Å². The number of para-hydroxylation sites is 1. The van der Waals surface area contributed by atoms with Crippen molar-refractivity contribution in [2.75, 3.05) is 20.1 Å². The smallest absolute Gasteiger partial charge is 0.258 e. The Morgan fingerprint density at radius 3 is 2.75 bits per heavy atom. The zero-order valence-electron chi connectivity index (χ0n) is 11.1. The van der Waals surface area contributed by atoms with E-state index in [1.165, 1.54) is 0 Å². The second-order valence-corrected chi connectivity index (χ2v) is 4.71. The monoisotopic (exact) mass is 316 g/mol. The maximum absolute atomic E-state index is 11.9. The number of fused-ring (bicyclic) bond motifs is 1. The van der Waals surface area contributed by atoms with Crippen LogP contribution < -0.4 is 10.9 Å². The number of likely N-dealkylation sites (tertiary alicyclic amines) is 1. The van der Waals surface area contributed by atoms with E-state index in [1.807, 2.05) is 25.2 Å². The van der Waals surface area contributed by atoms with Crippen molar-refractivity contribution in [3.05, 3.63) is 40.4 Å². The molecule has 0 unspecified atom stereocenters. The van der Waals surface area contributed by atoms with Gasteiger partial charge in [0.2, 0.25) is 0 Å². The second-order valence-electron chi connectivity index (χ2n) is 4.71. The molecule has 1 aliphatic heterocycles. The number of aromatic nitrogens is 2. The first-order valence-electron chi connectivity index (χ1n) is 6.14. The van der Waals surface area contributed by atoms with Gasteiger partial charge in [0.25, 0.3) is 5.56 Å². The fourth-order valence-electron chi connectivity index (χ4n) is 2.30. The molecule has 2 heterocycles. The Labute approximate surface area is 129 Å². The molecule has 0 bridgehead atoms. The number of rotatable bonds is 3. The van der Waals surface area contributed by atoms with Crippen molar-refractivity contribution in [1.29, 1.82) is 0 Å². The third kappa shape index (κ3) is 3.30. The van der Waals surface area contributed by atoms with E-state index < -0.39 is 0 Å². The van der Waals surface area contributed by atoms with E-state index in [1.54, 1.807) is 6.07 Å². The molecule has 20 heavy (non-hydrogen) atoms. The number of hydrogen-bond acceptors (Lipinski definition) is 4. The fraction of sp³-hybridized carbons (Fsp3) is 0.385. The predicted octanol–water partition coefficient (Wildman–Crippen LogP) is 1.17. The van der Waals surface area contributed by atoms with Gasteiger partial charge >= 0.3 is 0 Å². The molecule has 1 aliphatic rings. The summed E-state index contributed by atoms with van der Waals surface area (Å²) in [5.41, 5.74) is 0.711. The van der Waals surface area contributed by atoms with Gasteiger partial charge in [-0.1, -0.05) is 12.1 Å². The van der Waals surface area contributed by atoms with E-state index in [0.29, 0.717) is 18.0 Å². The molecule has 2 N–H and O–H groups in total. The molecule has 0 atom stereocenters. The largest absolute Gasteiger partial charge is 0.315 e. The van der Waals surface area contributed by atoms with E-state index >= 15 is 0 Å². The van der Waals surface area contributed by atoms with Crippen molar-refractivity contribution in [2.24, 2.45) is 0 Å². The second kappa shape index (κ2) is 7.04. The molecule has 110 valence electrons. The van der Waals surface area contributed by atoms with Crippen LogP contribution in [0.15, 0.2) is 29.1 Å². The van der Waals surface area contributed by atoms with Crippen LogP contribution in [0.1, 0.15) is 5.82 Å².